The lowest BCUT2D eigenvalue weighted by molar-refractivity contribution is -0.105. The van der Waals surface area contributed by atoms with Crippen LogP contribution in [-0.4, -0.2) is 17.6 Å². The summed E-state index contributed by atoms with van der Waals surface area (Å²) in [7, 11) is 0. The fraction of sp³-hybridized carbons (Fsp3) is 0.650. The van der Waals surface area contributed by atoms with Gasteiger partial charge < -0.3 is 10.4 Å². The van der Waals surface area contributed by atoms with E-state index in [2.05, 4.69) is 31.3 Å². The number of aryl methyl sites for hydroxylation is 2. The minimum atomic E-state index is -0.101. The molecule has 4 rings (SSSR count). The van der Waals surface area contributed by atoms with E-state index >= 15 is 0 Å². The summed E-state index contributed by atoms with van der Waals surface area (Å²) in [5, 5.41) is 13.3. The Morgan fingerprint density at radius 3 is 2.87 bits per heavy atom. The molecule has 124 valence electrons. The largest absolute Gasteiger partial charge is 0.393 e. The Labute approximate surface area is 138 Å². The van der Waals surface area contributed by atoms with Crippen LogP contribution in [0, 0.1) is 24.2 Å². The molecule has 23 heavy (non-hydrogen) atoms. The highest BCUT2D eigenvalue weighted by molar-refractivity contribution is 5.74. The molecule has 3 aliphatic carbocycles. The van der Waals surface area contributed by atoms with Crippen LogP contribution in [0.25, 0.3) is 0 Å². The number of nitrogens with one attached hydrogen (secondary N) is 1. The number of fused-ring (bicyclic) bond motifs is 5. The Kier molecular flexibility index (Phi) is 3.53. The molecule has 2 N–H and O–H groups in total. The van der Waals surface area contributed by atoms with Crippen LogP contribution in [0.2, 0.25) is 0 Å². The van der Waals surface area contributed by atoms with E-state index in [0.717, 1.165) is 42.8 Å². The van der Waals surface area contributed by atoms with Gasteiger partial charge in [-0.2, -0.15) is 0 Å². The number of carbonyl (C=O) groups is 1. The maximum atomic E-state index is 10.8. The quantitative estimate of drug-likeness (QED) is 0.816. The molecule has 5 atom stereocenters. The summed E-state index contributed by atoms with van der Waals surface area (Å²) >= 11 is 0. The summed E-state index contributed by atoms with van der Waals surface area (Å²) in [5.41, 5.74) is 5.19. The third kappa shape index (κ3) is 2.16. The topological polar surface area (TPSA) is 49.3 Å². The van der Waals surface area contributed by atoms with Crippen LogP contribution in [0.1, 0.15) is 61.6 Å². The maximum absolute atomic E-state index is 10.8. The molecule has 0 saturated heterocycles. The van der Waals surface area contributed by atoms with Crippen LogP contribution in [0.5, 0.6) is 0 Å². The Morgan fingerprint density at radius 1 is 1.26 bits per heavy atom. The summed E-state index contributed by atoms with van der Waals surface area (Å²) in [4.78, 5) is 10.8. The van der Waals surface area contributed by atoms with Gasteiger partial charge >= 0.3 is 0 Å². The molecule has 0 radical (unpaired) electrons. The third-order valence-corrected chi connectivity index (χ3v) is 7.23. The minimum Gasteiger partial charge on any atom is -0.393 e. The van der Waals surface area contributed by atoms with Gasteiger partial charge in [-0.15, -0.1) is 0 Å². The lowest BCUT2D eigenvalue weighted by atomic mass is 9.55. The highest BCUT2D eigenvalue weighted by Crippen LogP contribution is 2.61. The smallest absolute Gasteiger partial charge is 0.211 e. The fourth-order valence-electron chi connectivity index (χ4n) is 5.93. The van der Waals surface area contributed by atoms with Crippen molar-refractivity contribution in [2.75, 3.05) is 5.32 Å². The first-order valence-corrected chi connectivity index (χ1v) is 9.06. The van der Waals surface area contributed by atoms with Crippen LogP contribution >= 0.6 is 0 Å². The number of rotatable bonds is 2. The Morgan fingerprint density at radius 2 is 2.09 bits per heavy atom. The Hall–Kier alpha value is -1.35. The zero-order valence-electron chi connectivity index (χ0n) is 14.1. The molecule has 3 aliphatic rings. The van der Waals surface area contributed by atoms with Crippen molar-refractivity contribution in [3.8, 4) is 0 Å². The average molecular weight is 313 g/mol. The first-order chi connectivity index (χ1) is 11.0. The lowest BCUT2D eigenvalue weighted by Crippen LogP contribution is -2.43. The van der Waals surface area contributed by atoms with Gasteiger partial charge in [-0.25, -0.2) is 0 Å². The Balaban J connectivity index is 1.69. The van der Waals surface area contributed by atoms with Gasteiger partial charge in [-0.05, 0) is 91.4 Å². The number of aliphatic hydroxyl groups excluding tert-OH is 1. The van der Waals surface area contributed by atoms with Crippen molar-refractivity contribution >= 4 is 12.1 Å². The predicted octanol–water partition coefficient (Wildman–Crippen LogP) is 3.78. The van der Waals surface area contributed by atoms with E-state index in [0.29, 0.717) is 11.8 Å². The highest BCUT2D eigenvalue weighted by atomic mass is 16.3. The summed E-state index contributed by atoms with van der Waals surface area (Å²) in [5.74, 6) is 2.05. The van der Waals surface area contributed by atoms with Gasteiger partial charge in [-0.1, -0.05) is 13.0 Å². The number of aliphatic hydroxyl groups is 1. The highest BCUT2D eigenvalue weighted by Gasteiger charge is 2.54. The summed E-state index contributed by atoms with van der Waals surface area (Å²) in [6, 6.07) is 4.50. The molecule has 3 nitrogen and oxygen atoms in total. The second-order valence-corrected chi connectivity index (χ2v) is 8.18. The molecule has 0 bridgehead atoms. The molecular formula is C20H27NO2. The molecule has 1 aromatic carbocycles. The van der Waals surface area contributed by atoms with Gasteiger partial charge in [-0.3, -0.25) is 4.79 Å². The van der Waals surface area contributed by atoms with Crippen LogP contribution < -0.4 is 5.32 Å². The van der Waals surface area contributed by atoms with Gasteiger partial charge in [0, 0.05) is 5.69 Å². The van der Waals surface area contributed by atoms with E-state index in [1.807, 2.05) is 0 Å². The van der Waals surface area contributed by atoms with Gasteiger partial charge in [0.1, 0.15) is 0 Å². The van der Waals surface area contributed by atoms with Crippen molar-refractivity contribution in [2.24, 2.45) is 17.3 Å². The molecule has 1 aromatic rings. The molecule has 2 fully saturated rings. The van der Waals surface area contributed by atoms with Crippen LogP contribution in [-0.2, 0) is 11.2 Å². The van der Waals surface area contributed by atoms with Crippen molar-refractivity contribution in [1.82, 2.24) is 0 Å². The van der Waals surface area contributed by atoms with Crippen LogP contribution in [0.15, 0.2) is 12.1 Å². The zero-order chi connectivity index (χ0) is 16.2. The van der Waals surface area contributed by atoms with Gasteiger partial charge in [0.25, 0.3) is 0 Å². The van der Waals surface area contributed by atoms with Gasteiger partial charge in [0.05, 0.1) is 6.10 Å². The molecule has 0 aromatic heterocycles. The van der Waals surface area contributed by atoms with Crippen molar-refractivity contribution in [3.63, 3.8) is 0 Å². The second kappa shape index (κ2) is 5.34. The molecule has 0 heterocycles. The monoisotopic (exact) mass is 313 g/mol. The van der Waals surface area contributed by atoms with E-state index in [9.17, 15) is 9.90 Å². The SMILES string of the molecule is Cc1cc2c(cc1NC=O)CCC1C2CC[C@@]2(C)C1CC[C@@H]2O. The minimum absolute atomic E-state index is 0.101. The van der Waals surface area contributed by atoms with E-state index in [1.54, 1.807) is 0 Å². The van der Waals surface area contributed by atoms with Crippen LogP contribution in [0.4, 0.5) is 5.69 Å². The summed E-state index contributed by atoms with van der Waals surface area (Å²) in [6.07, 6.45) is 7.52. The normalized spacial score (nSPS) is 38.4. The van der Waals surface area contributed by atoms with E-state index < -0.39 is 0 Å². The summed E-state index contributed by atoms with van der Waals surface area (Å²) < 4.78 is 0. The molecule has 0 aliphatic heterocycles. The Bertz CT molecular complexity index is 641. The van der Waals surface area contributed by atoms with Gasteiger partial charge in [0.15, 0.2) is 0 Å². The average Bonchev–Trinajstić information content (AvgIpc) is 2.84. The third-order valence-electron chi connectivity index (χ3n) is 7.23. The molecule has 1 amide bonds. The summed E-state index contributed by atoms with van der Waals surface area (Å²) in [6.45, 7) is 4.41. The van der Waals surface area contributed by atoms with Crippen molar-refractivity contribution in [2.45, 2.75) is 64.4 Å². The number of carbonyl (C=O) groups excluding carboxylic acids is 1. The lowest BCUT2D eigenvalue weighted by Gasteiger charge is -2.50. The molecule has 2 saturated carbocycles. The zero-order valence-corrected chi connectivity index (χ0v) is 14.1. The molecular weight excluding hydrogens is 286 g/mol. The van der Waals surface area contributed by atoms with Crippen molar-refractivity contribution < 1.29 is 9.90 Å². The van der Waals surface area contributed by atoms with Gasteiger partial charge in [0.2, 0.25) is 6.41 Å². The van der Waals surface area contributed by atoms with E-state index in [1.165, 1.54) is 30.4 Å². The van der Waals surface area contributed by atoms with E-state index in [-0.39, 0.29) is 11.5 Å². The number of hydrogen-bond acceptors (Lipinski definition) is 2. The second-order valence-electron chi connectivity index (χ2n) is 8.18. The molecule has 3 heteroatoms. The molecule has 0 spiro atoms. The first-order valence-electron chi connectivity index (χ1n) is 9.06. The van der Waals surface area contributed by atoms with Crippen molar-refractivity contribution in [3.05, 3.63) is 28.8 Å². The number of hydrogen-bond donors (Lipinski definition) is 2. The maximum Gasteiger partial charge on any atom is 0.211 e. The van der Waals surface area contributed by atoms with Crippen molar-refractivity contribution in [1.29, 1.82) is 0 Å². The number of amides is 1. The fourth-order valence-corrected chi connectivity index (χ4v) is 5.93. The predicted molar refractivity (Wildman–Crippen MR) is 91.5 cm³/mol. The number of benzene rings is 1. The first kappa shape index (κ1) is 15.2. The van der Waals surface area contributed by atoms with Crippen LogP contribution in [0.3, 0.4) is 0 Å². The number of anilines is 1. The van der Waals surface area contributed by atoms with E-state index in [4.69, 9.17) is 0 Å². The standard InChI is InChI=1S/C20H27NO2/c1-12-9-16-13(10-18(12)21-11-22)3-4-15-14(16)7-8-20(2)17(15)5-6-19(20)23/h9-11,14-15,17,19,23H,3-8H2,1-2H3,(H,21,22)/t14?,15?,17?,19-,20-/m0/s1. The molecule has 3 unspecified atom stereocenters.